The third-order valence-corrected chi connectivity index (χ3v) is 3.05. The molecule has 0 fully saturated rings. The summed E-state index contributed by atoms with van der Waals surface area (Å²) in [7, 11) is 0. The molecule has 0 unspecified atom stereocenters. The third-order valence-electron chi connectivity index (χ3n) is 3.05. The Kier molecular flexibility index (Phi) is 4.99. The highest BCUT2D eigenvalue weighted by atomic mass is 16.5. The van der Waals surface area contributed by atoms with Gasteiger partial charge in [-0.3, -0.25) is 0 Å². The predicted octanol–water partition coefficient (Wildman–Crippen LogP) is 4.82. The second-order valence-corrected chi connectivity index (χ2v) is 5.11. The van der Waals surface area contributed by atoms with E-state index < -0.39 is 0 Å². The minimum Gasteiger partial charge on any atom is -0.439 e. The molecule has 1 aromatic carbocycles. The van der Waals surface area contributed by atoms with Crippen LogP contribution in [0.3, 0.4) is 0 Å². The summed E-state index contributed by atoms with van der Waals surface area (Å²) >= 11 is 0. The van der Waals surface area contributed by atoms with Crippen LogP contribution >= 0.6 is 0 Å². The Morgan fingerprint density at radius 2 is 1.85 bits per heavy atom. The third kappa shape index (κ3) is 3.98. The molecule has 1 aromatic heterocycles. The summed E-state index contributed by atoms with van der Waals surface area (Å²) in [6, 6.07) is 13.9. The Balaban J connectivity index is 2.05. The smallest absolute Gasteiger partial charge is 0.221 e. The van der Waals surface area contributed by atoms with Gasteiger partial charge in [-0.1, -0.05) is 39.0 Å². The van der Waals surface area contributed by atoms with Crippen molar-refractivity contribution in [1.29, 1.82) is 0 Å². The number of ether oxygens (including phenoxy) is 1. The van der Waals surface area contributed by atoms with Gasteiger partial charge in [0.15, 0.2) is 0 Å². The standard InChI is InChI=1S/C17H22N2O/c1-4-12-18-16-6-5-7-17(19-16)20-15-10-8-14(9-11-15)13(2)3/h5-11,13H,4,12H2,1-3H3,(H,18,19). The minimum absolute atomic E-state index is 0.531. The van der Waals surface area contributed by atoms with Gasteiger partial charge in [-0.25, -0.2) is 0 Å². The Labute approximate surface area is 121 Å². The number of nitrogens with one attached hydrogen (secondary N) is 1. The lowest BCUT2D eigenvalue weighted by Crippen LogP contribution is -2.02. The average molecular weight is 270 g/mol. The molecule has 0 aliphatic heterocycles. The van der Waals surface area contributed by atoms with E-state index in [1.54, 1.807) is 0 Å². The molecular weight excluding hydrogens is 248 g/mol. The number of anilines is 1. The molecule has 20 heavy (non-hydrogen) atoms. The number of pyridine rings is 1. The molecule has 0 bridgehead atoms. The lowest BCUT2D eigenvalue weighted by Gasteiger charge is -2.09. The Hall–Kier alpha value is -2.03. The maximum Gasteiger partial charge on any atom is 0.221 e. The van der Waals surface area contributed by atoms with E-state index in [4.69, 9.17) is 4.74 Å². The number of aromatic nitrogens is 1. The molecule has 3 nitrogen and oxygen atoms in total. The Bertz CT molecular complexity index is 535. The molecule has 0 amide bonds. The second-order valence-electron chi connectivity index (χ2n) is 5.11. The lowest BCUT2D eigenvalue weighted by molar-refractivity contribution is 0.463. The van der Waals surface area contributed by atoms with Crippen LogP contribution in [-0.4, -0.2) is 11.5 Å². The fourth-order valence-corrected chi connectivity index (χ4v) is 1.86. The Morgan fingerprint density at radius 3 is 2.50 bits per heavy atom. The van der Waals surface area contributed by atoms with Gasteiger partial charge in [-0.05, 0) is 36.1 Å². The molecule has 0 atom stereocenters. The van der Waals surface area contributed by atoms with E-state index in [9.17, 15) is 0 Å². The highest BCUT2D eigenvalue weighted by Crippen LogP contribution is 2.23. The average Bonchev–Trinajstić information content (AvgIpc) is 2.46. The quantitative estimate of drug-likeness (QED) is 0.817. The summed E-state index contributed by atoms with van der Waals surface area (Å²) < 4.78 is 5.78. The summed E-state index contributed by atoms with van der Waals surface area (Å²) in [5, 5.41) is 3.25. The zero-order valence-corrected chi connectivity index (χ0v) is 12.4. The first-order valence-electron chi connectivity index (χ1n) is 7.17. The molecule has 1 N–H and O–H groups in total. The van der Waals surface area contributed by atoms with Crippen LogP contribution in [-0.2, 0) is 0 Å². The number of hydrogen-bond acceptors (Lipinski definition) is 3. The number of benzene rings is 1. The number of rotatable bonds is 6. The van der Waals surface area contributed by atoms with Crippen LogP contribution in [0.15, 0.2) is 42.5 Å². The van der Waals surface area contributed by atoms with E-state index in [0.717, 1.165) is 24.5 Å². The van der Waals surface area contributed by atoms with Gasteiger partial charge < -0.3 is 10.1 Å². The molecular formula is C17H22N2O. The molecule has 0 aliphatic carbocycles. The maximum absolute atomic E-state index is 5.78. The maximum atomic E-state index is 5.78. The molecule has 0 aliphatic rings. The summed E-state index contributed by atoms with van der Waals surface area (Å²) in [6.45, 7) is 7.41. The highest BCUT2D eigenvalue weighted by molar-refractivity contribution is 5.38. The van der Waals surface area contributed by atoms with Gasteiger partial charge in [0.2, 0.25) is 5.88 Å². The lowest BCUT2D eigenvalue weighted by atomic mass is 10.0. The van der Waals surface area contributed by atoms with E-state index in [0.29, 0.717) is 11.8 Å². The van der Waals surface area contributed by atoms with Crippen molar-refractivity contribution in [3.05, 3.63) is 48.0 Å². The largest absolute Gasteiger partial charge is 0.439 e. The first-order valence-corrected chi connectivity index (χ1v) is 7.17. The van der Waals surface area contributed by atoms with E-state index >= 15 is 0 Å². The van der Waals surface area contributed by atoms with Crippen molar-refractivity contribution in [1.82, 2.24) is 4.98 Å². The normalized spacial score (nSPS) is 10.6. The van der Waals surface area contributed by atoms with Crippen LogP contribution in [0.4, 0.5) is 5.82 Å². The Morgan fingerprint density at radius 1 is 1.10 bits per heavy atom. The van der Waals surface area contributed by atoms with E-state index in [1.807, 2.05) is 30.3 Å². The number of nitrogens with zero attached hydrogens (tertiary/aromatic N) is 1. The molecule has 106 valence electrons. The zero-order chi connectivity index (χ0) is 14.4. The van der Waals surface area contributed by atoms with Gasteiger partial charge in [0, 0.05) is 12.6 Å². The molecule has 0 saturated carbocycles. The molecule has 0 saturated heterocycles. The van der Waals surface area contributed by atoms with Crippen LogP contribution in [0.1, 0.15) is 38.7 Å². The first kappa shape index (κ1) is 14.4. The van der Waals surface area contributed by atoms with Crippen molar-refractivity contribution in [2.24, 2.45) is 0 Å². The van der Waals surface area contributed by atoms with Gasteiger partial charge in [-0.2, -0.15) is 4.98 Å². The summed E-state index contributed by atoms with van der Waals surface area (Å²) in [5.41, 5.74) is 1.31. The van der Waals surface area contributed by atoms with Gasteiger partial charge >= 0.3 is 0 Å². The van der Waals surface area contributed by atoms with Crippen LogP contribution in [0.5, 0.6) is 11.6 Å². The van der Waals surface area contributed by atoms with Crippen LogP contribution in [0, 0.1) is 0 Å². The van der Waals surface area contributed by atoms with Crippen LogP contribution < -0.4 is 10.1 Å². The predicted molar refractivity (Wildman–Crippen MR) is 83.6 cm³/mol. The second kappa shape index (κ2) is 6.94. The van der Waals surface area contributed by atoms with Crippen LogP contribution in [0.25, 0.3) is 0 Å². The number of hydrogen-bond donors (Lipinski definition) is 1. The van der Waals surface area contributed by atoms with Crippen molar-refractivity contribution in [3.63, 3.8) is 0 Å². The van der Waals surface area contributed by atoms with Gasteiger partial charge in [0.25, 0.3) is 0 Å². The molecule has 1 heterocycles. The summed E-state index contributed by atoms with van der Waals surface area (Å²) in [5.74, 6) is 2.81. The topological polar surface area (TPSA) is 34.1 Å². The van der Waals surface area contributed by atoms with Gasteiger partial charge in [-0.15, -0.1) is 0 Å². The minimum atomic E-state index is 0.531. The van der Waals surface area contributed by atoms with Crippen molar-refractivity contribution in [2.75, 3.05) is 11.9 Å². The zero-order valence-electron chi connectivity index (χ0n) is 12.4. The molecule has 2 rings (SSSR count). The van der Waals surface area contributed by atoms with E-state index in [-0.39, 0.29) is 0 Å². The SMILES string of the molecule is CCCNc1cccc(Oc2ccc(C(C)C)cc2)n1. The van der Waals surface area contributed by atoms with Gasteiger partial charge in [0.05, 0.1) is 0 Å². The fourth-order valence-electron chi connectivity index (χ4n) is 1.86. The van der Waals surface area contributed by atoms with Crippen molar-refractivity contribution >= 4 is 5.82 Å². The molecule has 2 aromatic rings. The van der Waals surface area contributed by atoms with E-state index in [1.165, 1.54) is 5.56 Å². The van der Waals surface area contributed by atoms with Crippen molar-refractivity contribution in [2.45, 2.75) is 33.1 Å². The fraction of sp³-hybridized carbons (Fsp3) is 0.353. The summed E-state index contributed by atoms with van der Waals surface area (Å²) in [4.78, 5) is 4.43. The molecule has 3 heteroatoms. The van der Waals surface area contributed by atoms with E-state index in [2.05, 4.69) is 43.2 Å². The monoisotopic (exact) mass is 270 g/mol. The highest BCUT2D eigenvalue weighted by Gasteiger charge is 2.02. The van der Waals surface area contributed by atoms with Crippen molar-refractivity contribution < 1.29 is 4.74 Å². The van der Waals surface area contributed by atoms with Crippen LogP contribution in [0.2, 0.25) is 0 Å². The van der Waals surface area contributed by atoms with Crippen molar-refractivity contribution in [3.8, 4) is 11.6 Å². The molecule has 0 spiro atoms. The first-order chi connectivity index (χ1) is 9.69. The van der Waals surface area contributed by atoms with Gasteiger partial charge in [0.1, 0.15) is 11.6 Å². The summed E-state index contributed by atoms with van der Waals surface area (Å²) in [6.07, 6.45) is 1.07. The molecule has 0 radical (unpaired) electrons.